The Bertz CT molecular complexity index is 1180. The number of fused-ring (bicyclic) bond motifs is 3. The van der Waals surface area contributed by atoms with E-state index in [1.165, 1.54) is 18.2 Å². The average molecular weight is 457 g/mol. The van der Waals surface area contributed by atoms with E-state index in [9.17, 15) is 24.3 Å². The van der Waals surface area contributed by atoms with Crippen molar-refractivity contribution in [1.29, 1.82) is 0 Å². The van der Waals surface area contributed by atoms with Gasteiger partial charge in [-0.1, -0.05) is 23.7 Å². The summed E-state index contributed by atoms with van der Waals surface area (Å²) in [5.41, 5.74) is -1.33. The molecule has 0 saturated carbocycles. The monoisotopic (exact) mass is 456 g/mol. The van der Waals surface area contributed by atoms with Crippen LogP contribution >= 0.6 is 11.6 Å². The van der Waals surface area contributed by atoms with Crippen LogP contribution in [0.2, 0.25) is 5.02 Å². The lowest BCUT2D eigenvalue weighted by Crippen LogP contribution is -2.49. The van der Waals surface area contributed by atoms with E-state index in [0.29, 0.717) is 11.5 Å². The molecular formula is C22H17ClN2O7. The Hall–Kier alpha value is -3.59. The van der Waals surface area contributed by atoms with Crippen LogP contribution in [0.3, 0.4) is 0 Å². The van der Waals surface area contributed by atoms with E-state index in [0.717, 1.165) is 9.80 Å². The lowest BCUT2D eigenvalue weighted by molar-refractivity contribution is -0.144. The molecule has 1 N–H and O–H groups in total. The van der Waals surface area contributed by atoms with Gasteiger partial charge < -0.3 is 14.6 Å². The summed E-state index contributed by atoms with van der Waals surface area (Å²) in [4.78, 5) is 53.2. The number of imide groups is 1. The zero-order chi connectivity index (χ0) is 22.6. The summed E-state index contributed by atoms with van der Waals surface area (Å²) in [5.74, 6) is -2.18. The minimum atomic E-state index is -1.83. The van der Waals surface area contributed by atoms with Crippen molar-refractivity contribution in [2.24, 2.45) is 0 Å². The third-order valence-corrected chi connectivity index (χ3v) is 6.13. The molecule has 1 spiro atoms. The highest BCUT2D eigenvalue weighted by molar-refractivity contribution is 6.32. The molecule has 3 aliphatic heterocycles. The number of ether oxygens (including phenoxy) is 2. The Morgan fingerprint density at radius 1 is 1.09 bits per heavy atom. The fraction of sp³-hybridized carbons (Fsp3) is 0.273. The van der Waals surface area contributed by atoms with Crippen molar-refractivity contribution in [3.63, 3.8) is 0 Å². The van der Waals surface area contributed by atoms with Crippen molar-refractivity contribution < 1.29 is 33.8 Å². The smallest absolute Gasteiger partial charge is 0.323 e. The normalized spacial score (nSPS) is 23.8. The molecule has 5 rings (SSSR count). The van der Waals surface area contributed by atoms with Crippen LogP contribution in [0.4, 0.5) is 5.69 Å². The number of anilines is 1. The molecule has 32 heavy (non-hydrogen) atoms. The maximum atomic E-state index is 13.5. The van der Waals surface area contributed by atoms with Crippen LogP contribution < -0.4 is 14.4 Å². The van der Waals surface area contributed by atoms with Gasteiger partial charge in [-0.05, 0) is 30.3 Å². The van der Waals surface area contributed by atoms with Crippen molar-refractivity contribution in [2.75, 3.05) is 24.6 Å². The molecule has 0 bridgehead atoms. The van der Waals surface area contributed by atoms with Gasteiger partial charge in [-0.25, -0.2) is 0 Å². The molecule has 0 aromatic heterocycles. The molecule has 2 atom stereocenters. The number of aliphatic carboxylic acids is 1. The Morgan fingerprint density at radius 3 is 2.56 bits per heavy atom. The predicted molar refractivity (Wildman–Crippen MR) is 111 cm³/mol. The van der Waals surface area contributed by atoms with E-state index in [4.69, 9.17) is 21.1 Å². The van der Waals surface area contributed by atoms with Gasteiger partial charge in [-0.15, -0.1) is 0 Å². The van der Waals surface area contributed by atoms with E-state index in [2.05, 4.69) is 0 Å². The van der Waals surface area contributed by atoms with Gasteiger partial charge in [-0.2, -0.15) is 0 Å². The summed E-state index contributed by atoms with van der Waals surface area (Å²) in [7, 11) is 0. The third kappa shape index (κ3) is 2.92. The lowest BCUT2D eigenvalue weighted by Gasteiger charge is -2.29. The Labute approximate surface area is 187 Å². The van der Waals surface area contributed by atoms with Crippen LogP contribution in [0.5, 0.6) is 11.5 Å². The zero-order valence-electron chi connectivity index (χ0n) is 16.6. The second kappa shape index (κ2) is 7.23. The number of hydrogen-bond acceptors (Lipinski definition) is 6. The van der Waals surface area contributed by atoms with E-state index >= 15 is 0 Å². The molecule has 3 heterocycles. The number of rotatable bonds is 4. The third-order valence-electron chi connectivity index (χ3n) is 5.89. The molecule has 2 aromatic carbocycles. The number of halogens is 1. The second-order valence-electron chi connectivity index (χ2n) is 7.84. The molecule has 3 amide bonds. The van der Waals surface area contributed by atoms with Gasteiger partial charge >= 0.3 is 5.97 Å². The molecule has 0 radical (unpaired) electrons. The molecule has 1 fully saturated rings. The minimum Gasteiger partial charge on any atom is -0.486 e. The lowest BCUT2D eigenvalue weighted by atomic mass is 9.80. The maximum Gasteiger partial charge on any atom is 0.323 e. The van der Waals surface area contributed by atoms with Crippen molar-refractivity contribution in [3.05, 3.63) is 53.1 Å². The first-order valence-electron chi connectivity index (χ1n) is 9.88. The summed E-state index contributed by atoms with van der Waals surface area (Å²) < 4.78 is 11.5. The van der Waals surface area contributed by atoms with Crippen LogP contribution in [-0.2, 0) is 24.6 Å². The van der Waals surface area contributed by atoms with Crippen LogP contribution in [0, 0.1) is 0 Å². The number of benzene rings is 2. The zero-order valence-corrected chi connectivity index (χ0v) is 17.4. The second-order valence-corrected chi connectivity index (χ2v) is 8.27. The van der Waals surface area contributed by atoms with Gasteiger partial charge in [0.1, 0.15) is 13.2 Å². The highest BCUT2D eigenvalue weighted by Crippen LogP contribution is 2.49. The van der Waals surface area contributed by atoms with E-state index in [-0.39, 0.29) is 29.4 Å². The molecule has 9 nitrogen and oxygen atoms in total. The molecule has 10 heteroatoms. The molecule has 1 saturated heterocycles. The Morgan fingerprint density at radius 2 is 1.81 bits per heavy atom. The summed E-state index contributed by atoms with van der Waals surface area (Å²) in [6.07, 6.45) is -1.02. The number of nitrogens with zero attached hydrogens (tertiary/aromatic N) is 2. The fourth-order valence-corrected chi connectivity index (χ4v) is 4.67. The first-order chi connectivity index (χ1) is 15.3. The van der Waals surface area contributed by atoms with Gasteiger partial charge in [0, 0.05) is 16.3 Å². The number of para-hydroxylation sites is 2. The summed E-state index contributed by atoms with van der Waals surface area (Å²) in [6, 6.07) is 11.5. The molecular weight excluding hydrogens is 440 g/mol. The van der Waals surface area contributed by atoms with Gasteiger partial charge in [0.15, 0.2) is 23.0 Å². The summed E-state index contributed by atoms with van der Waals surface area (Å²) in [6.45, 7) is -0.606. The summed E-state index contributed by atoms with van der Waals surface area (Å²) in [5, 5.41) is 9.53. The van der Waals surface area contributed by atoms with E-state index in [1.807, 2.05) is 0 Å². The number of carboxylic acids is 1. The van der Waals surface area contributed by atoms with Crippen molar-refractivity contribution in [2.45, 2.75) is 17.9 Å². The number of hydrogen-bond donors (Lipinski definition) is 1. The SMILES string of the molecule is O=C(O)CN1C(=O)C2(CC(=O)N(CC3COc4ccccc4O3)C2=O)c2cc(Cl)ccc21. The predicted octanol–water partition coefficient (Wildman–Crippen LogP) is 1.61. The summed E-state index contributed by atoms with van der Waals surface area (Å²) >= 11 is 6.12. The topological polar surface area (TPSA) is 113 Å². The van der Waals surface area contributed by atoms with Crippen molar-refractivity contribution in [3.8, 4) is 11.5 Å². The van der Waals surface area contributed by atoms with Crippen molar-refractivity contribution >= 4 is 41.0 Å². The van der Waals surface area contributed by atoms with Crippen LogP contribution in [-0.4, -0.2) is 59.5 Å². The number of carbonyl (C=O) groups is 4. The van der Waals surface area contributed by atoms with Crippen LogP contribution in [0.15, 0.2) is 42.5 Å². The van der Waals surface area contributed by atoms with Crippen LogP contribution in [0.25, 0.3) is 0 Å². The molecule has 3 aliphatic rings. The Balaban J connectivity index is 1.47. The number of carboxylic acid groups (broad SMARTS) is 1. The standard InChI is InChI=1S/C22H17ClN2O7/c23-12-5-6-15-14(7-12)22(20(29)24(15)10-19(27)28)8-18(26)25(21(22)30)9-13-11-31-16-3-1-2-4-17(16)32-13/h1-7,13H,8-11H2,(H,27,28). The number of likely N-dealkylation sites (tertiary alicyclic amines) is 1. The molecule has 0 aliphatic carbocycles. The average Bonchev–Trinajstić information content (AvgIpc) is 3.14. The van der Waals surface area contributed by atoms with Crippen molar-refractivity contribution in [1.82, 2.24) is 4.90 Å². The fourth-order valence-electron chi connectivity index (χ4n) is 4.49. The quantitative estimate of drug-likeness (QED) is 0.549. The van der Waals surface area contributed by atoms with Gasteiger partial charge in [0.05, 0.1) is 13.0 Å². The highest BCUT2D eigenvalue weighted by Gasteiger charge is 2.64. The van der Waals surface area contributed by atoms with Gasteiger partial charge in [-0.3, -0.25) is 29.0 Å². The van der Waals surface area contributed by atoms with Gasteiger partial charge in [0.2, 0.25) is 17.7 Å². The number of carbonyl (C=O) groups excluding carboxylic acids is 3. The molecule has 2 aromatic rings. The minimum absolute atomic E-state index is 0.101. The van der Waals surface area contributed by atoms with E-state index in [1.54, 1.807) is 24.3 Å². The molecule has 164 valence electrons. The largest absolute Gasteiger partial charge is 0.486 e. The molecule has 2 unspecified atom stereocenters. The maximum absolute atomic E-state index is 13.5. The van der Waals surface area contributed by atoms with Gasteiger partial charge in [0.25, 0.3) is 0 Å². The first kappa shape index (κ1) is 20.3. The first-order valence-corrected chi connectivity index (χ1v) is 10.3. The number of amides is 3. The Kier molecular flexibility index (Phi) is 4.59. The van der Waals surface area contributed by atoms with Crippen LogP contribution in [0.1, 0.15) is 12.0 Å². The highest BCUT2D eigenvalue weighted by atomic mass is 35.5. The van der Waals surface area contributed by atoms with E-state index < -0.39 is 48.2 Å².